The Morgan fingerprint density at radius 3 is 2.25 bits per heavy atom. The SMILES string of the molecule is C=C1CCN(CCC(F)(C(=O)B(C)Cc2cccc(Cl)c2)c2ccc(Cl)c(Cl)c2)CC1.CS(C)(=O)=O. The number of rotatable bonds is 8. The van der Waals surface area contributed by atoms with Gasteiger partial charge in [0.15, 0.2) is 5.67 Å². The smallest absolute Gasteiger partial charge is 0.229 e. The van der Waals surface area contributed by atoms with E-state index in [1.54, 1.807) is 25.0 Å². The lowest BCUT2D eigenvalue weighted by atomic mass is 9.42. The fourth-order valence-electron chi connectivity index (χ4n) is 4.06. The van der Waals surface area contributed by atoms with E-state index in [9.17, 15) is 13.2 Å². The van der Waals surface area contributed by atoms with Crippen LogP contribution in [0.3, 0.4) is 0 Å². The first-order valence-corrected chi connectivity index (χ1v) is 15.1. The Kier molecular flexibility index (Phi) is 11.5. The second-order valence-electron chi connectivity index (χ2n) is 9.51. The quantitative estimate of drug-likeness (QED) is 0.266. The molecule has 0 amide bonds. The van der Waals surface area contributed by atoms with Crippen LogP contribution in [-0.4, -0.2) is 57.9 Å². The molecular formula is C26H32BCl3FNO3S. The summed E-state index contributed by atoms with van der Waals surface area (Å²) in [4.78, 5) is 15.6. The summed E-state index contributed by atoms with van der Waals surface area (Å²) in [6, 6.07) is 11.9. The molecule has 0 saturated carbocycles. The molecule has 1 unspecified atom stereocenters. The zero-order chi connectivity index (χ0) is 27.1. The van der Waals surface area contributed by atoms with Gasteiger partial charge in [0.2, 0.25) is 6.71 Å². The number of halogens is 4. The Morgan fingerprint density at radius 2 is 1.69 bits per heavy atom. The van der Waals surface area contributed by atoms with E-state index in [0.717, 1.165) is 44.0 Å². The zero-order valence-corrected chi connectivity index (χ0v) is 24.0. The van der Waals surface area contributed by atoms with Crippen molar-refractivity contribution in [2.24, 2.45) is 0 Å². The van der Waals surface area contributed by atoms with E-state index in [1.165, 1.54) is 11.6 Å². The van der Waals surface area contributed by atoms with Gasteiger partial charge in [0, 0.05) is 43.6 Å². The molecule has 0 spiro atoms. The summed E-state index contributed by atoms with van der Waals surface area (Å²) in [7, 11) is -2.67. The number of hydrogen-bond donors (Lipinski definition) is 0. The first-order valence-electron chi connectivity index (χ1n) is 11.7. The number of carbonyl (C=O) groups excluding carboxylic acids is 1. The van der Waals surface area contributed by atoms with Gasteiger partial charge in [-0.2, -0.15) is 0 Å². The van der Waals surface area contributed by atoms with E-state index in [4.69, 9.17) is 34.8 Å². The number of hydrogen-bond acceptors (Lipinski definition) is 4. The van der Waals surface area contributed by atoms with E-state index in [1.807, 2.05) is 18.2 Å². The predicted molar refractivity (Wildman–Crippen MR) is 151 cm³/mol. The van der Waals surface area contributed by atoms with Crippen LogP contribution < -0.4 is 0 Å². The normalized spacial score (nSPS) is 16.0. The first-order chi connectivity index (χ1) is 16.7. The van der Waals surface area contributed by atoms with Gasteiger partial charge in [-0.1, -0.05) is 77.5 Å². The standard InChI is InChI=1S/C24H26BCl3FNO.C2H6O2S/c1-17-8-11-30(12-9-17)13-10-24(29,19-6-7-21(27)22(28)15-19)23(31)25(2)16-18-4-3-5-20(26)14-18;1-5(2,3)4/h3-7,14-15H,1,8-13,16H2,2H3;1-2H3. The van der Waals surface area contributed by atoms with E-state index >= 15 is 4.39 Å². The van der Waals surface area contributed by atoms with Gasteiger partial charge < -0.3 is 9.69 Å². The molecule has 36 heavy (non-hydrogen) atoms. The van der Waals surface area contributed by atoms with Crippen LogP contribution in [-0.2, 0) is 26.6 Å². The van der Waals surface area contributed by atoms with E-state index < -0.39 is 27.9 Å². The molecule has 2 aromatic carbocycles. The molecule has 1 fully saturated rings. The average Bonchev–Trinajstić information content (AvgIpc) is 2.78. The minimum absolute atomic E-state index is 0.0656. The highest BCUT2D eigenvalue weighted by molar-refractivity contribution is 7.89. The van der Waals surface area contributed by atoms with Gasteiger partial charge in [0.05, 0.1) is 10.0 Å². The molecule has 196 valence electrons. The Hall–Kier alpha value is -1.38. The highest BCUT2D eigenvalue weighted by Crippen LogP contribution is 2.36. The van der Waals surface area contributed by atoms with Gasteiger partial charge in [-0.25, -0.2) is 12.8 Å². The van der Waals surface area contributed by atoms with Gasteiger partial charge in [-0.3, -0.25) is 0 Å². The second kappa shape index (κ2) is 13.4. The summed E-state index contributed by atoms with van der Waals surface area (Å²) >= 11 is 18.3. The number of nitrogens with zero attached hydrogens (tertiary/aromatic N) is 1. The van der Waals surface area contributed by atoms with Gasteiger partial charge in [0.25, 0.3) is 0 Å². The lowest BCUT2D eigenvalue weighted by molar-refractivity contribution is -0.124. The summed E-state index contributed by atoms with van der Waals surface area (Å²) in [6.45, 7) is 7.42. The molecule has 4 nitrogen and oxygen atoms in total. The van der Waals surface area contributed by atoms with E-state index in [2.05, 4.69) is 11.5 Å². The maximum atomic E-state index is 16.6. The number of carbonyl (C=O) groups is 1. The van der Waals surface area contributed by atoms with Gasteiger partial charge in [0.1, 0.15) is 15.5 Å². The molecule has 0 radical (unpaired) electrons. The summed E-state index contributed by atoms with van der Waals surface area (Å²) in [6.07, 6.45) is 4.61. The summed E-state index contributed by atoms with van der Waals surface area (Å²) in [5.41, 5.74) is -0.225. The molecule has 1 saturated heterocycles. The fourth-order valence-corrected chi connectivity index (χ4v) is 4.57. The first kappa shape index (κ1) is 30.8. The van der Waals surface area contributed by atoms with Crippen molar-refractivity contribution in [3.63, 3.8) is 0 Å². The third-order valence-electron chi connectivity index (χ3n) is 5.98. The lowest BCUT2D eigenvalue weighted by Gasteiger charge is -2.32. The third kappa shape index (κ3) is 9.83. The van der Waals surface area contributed by atoms with Crippen molar-refractivity contribution in [1.82, 2.24) is 4.90 Å². The molecule has 1 atom stereocenters. The summed E-state index contributed by atoms with van der Waals surface area (Å²) in [5, 5.41) is 1.17. The van der Waals surface area contributed by atoms with Crippen molar-refractivity contribution >= 4 is 57.0 Å². The van der Waals surface area contributed by atoms with Gasteiger partial charge >= 0.3 is 0 Å². The Labute approximate surface area is 229 Å². The van der Waals surface area contributed by atoms with Crippen LogP contribution in [0.25, 0.3) is 0 Å². The maximum absolute atomic E-state index is 16.6. The van der Waals surface area contributed by atoms with Gasteiger partial charge in [-0.15, -0.1) is 0 Å². The fraction of sp³-hybridized carbons (Fsp3) is 0.423. The van der Waals surface area contributed by atoms with Crippen LogP contribution >= 0.6 is 34.8 Å². The van der Waals surface area contributed by atoms with Crippen LogP contribution in [0.1, 0.15) is 30.4 Å². The van der Waals surface area contributed by atoms with Crippen LogP contribution in [0.15, 0.2) is 54.6 Å². The van der Waals surface area contributed by atoms with Crippen molar-refractivity contribution in [3.8, 4) is 0 Å². The molecule has 3 rings (SSSR count). The molecule has 1 aliphatic rings. The largest absolute Gasteiger partial charge is 0.307 e. The summed E-state index contributed by atoms with van der Waals surface area (Å²) < 4.78 is 35.8. The lowest BCUT2D eigenvalue weighted by Crippen LogP contribution is -2.44. The Bertz CT molecular complexity index is 1180. The monoisotopic (exact) mass is 573 g/mol. The van der Waals surface area contributed by atoms with Crippen molar-refractivity contribution < 1.29 is 17.6 Å². The second-order valence-corrected chi connectivity index (χ2v) is 13.1. The predicted octanol–water partition coefficient (Wildman–Crippen LogP) is 6.53. The Morgan fingerprint density at radius 1 is 1.08 bits per heavy atom. The Balaban J connectivity index is 0.000000830. The molecule has 1 aliphatic heterocycles. The average molecular weight is 575 g/mol. The number of piperidine rings is 1. The number of sulfone groups is 1. The van der Waals surface area contributed by atoms with Crippen LogP contribution in [0.4, 0.5) is 4.39 Å². The van der Waals surface area contributed by atoms with E-state index in [0.29, 0.717) is 22.9 Å². The molecule has 0 aromatic heterocycles. The van der Waals surface area contributed by atoms with Crippen molar-refractivity contribution in [3.05, 3.63) is 80.8 Å². The van der Waals surface area contributed by atoms with Crippen molar-refractivity contribution in [2.45, 2.75) is 38.1 Å². The minimum atomic E-state index is -2.67. The van der Waals surface area contributed by atoms with Crippen LogP contribution in [0.2, 0.25) is 21.9 Å². The molecule has 1 heterocycles. The topological polar surface area (TPSA) is 54.5 Å². The number of likely N-dealkylation sites (tertiary alicyclic amines) is 1. The van der Waals surface area contributed by atoms with Crippen molar-refractivity contribution in [2.75, 3.05) is 32.1 Å². The zero-order valence-electron chi connectivity index (χ0n) is 20.9. The minimum Gasteiger partial charge on any atom is -0.307 e. The van der Waals surface area contributed by atoms with Crippen LogP contribution in [0, 0.1) is 0 Å². The molecule has 0 N–H and O–H groups in total. The third-order valence-corrected chi connectivity index (χ3v) is 6.96. The highest BCUT2D eigenvalue weighted by Gasteiger charge is 2.43. The number of alkyl halides is 1. The van der Waals surface area contributed by atoms with Crippen molar-refractivity contribution in [1.29, 1.82) is 0 Å². The molecular weight excluding hydrogens is 543 g/mol. The molecule has 2 aromatic rings. The highest BCUT2D eigenvalue weighted by atomic mass is 35.5. The molecule has 10 heteroatoms. The molecule has 0 aliphatic carbocycles. The van der Waals surface area contributed by atoms with E-state index in [-0.39, 0.29) is 17.0 Å². The summed E-state index contributed by atoms with van der Waals surface area (Å²) in [5.74, 6) is 0. The number of benzene rings is 2. The van der Waals surface area contributed by atoms with Crippen LogP contribution in [0.5, 0.6) is 0 Å². The van der Waals surface area contributed by atoms with Gasteiger partial charge in [-0.05, 0) is 49.0 Å². The maximum Gasteiger partial charge on any atom is 0.229 e. The molecule has 0 bridgehead atoms.